The Balaban J connectivity index is 1.48. The second kappa shape index (κ2) is 8.92. The van der Waals surface area contributed by atoms with E-state index in [2.05, 4.69) is 32.5 Å². The van der Waals surface area contributed by atoms with Gasteiger partial charge in [-0.2, -0.15) is 5.10 Å². The first-order valence-corrected chi connectivity index (χ1v) is 9.27. The number of nitrogens with one attached hydrogen (secondary N) is 2. The molecule has 0 bridgehead atoms. The molecule has 0 unspecified atom stereocenters. The second-order valence-electron chi connectivity index (χ2n) is 6.62. The smallest absolute Gasteiger partial charge is 0.347 e. The summed E-state index contributed by atoms with van der Waals surface area (Å²) in [7, 11) is 4.05. The lowest BCUT2D eigenvalue weighted by molar-refractivity contribution is 0.261. The molecule has 8 heteroatoms. The van der Waals surface area contributed by atoms with Crippen LogP contribution in [0.15, 0.2) is 41.3 Å². The van der Waals surface area contributed by atoms with Gasteiger partial charge in [-0.15, -0.1) is 0 Å². The maximum atomic E-state index is 11.7. The maximum absolute atomic E-state index is 11.7. The summed E-state index contributed by atoms with van der Waals surface area (Å²) in [6, 6.07) is 9.98. The number of fused-ring (bicyclic) bond motifs is 1. The molecule has 0 saturated carbocycles. The van der Waals surface area contributed by atoms with Gasteiger partial charge in [-0.3, -0.25) is 0 Å². The number of hydrogen-bond donors (Lipinski definition) is 2. The molecule has 3 aromatic rings. The molecule has 2 aromatic heterocycles. The van der Waals surface area contributed by atoms with E-state index in [-0.39, 0.29) is 5.69 Å². The van der Waals surface area contributed by atoms with E-state index in [0.29, 0.717) is 17.3 Å². The zero-order valence-electron chi connectivity index (χ0n) is 15.5. The van der Waals surface area contributed by atoms with Crippen molar-refractivity contribution in [3.05, 3.63) is 57.6 Å². The van der Waals surface area contributed by atoms with Crippen LogP contribution in [0.2, 0.25) is 5.02 Å². The Morgan fingerprint density at radius 2 is 2.07 bits per heavy atom. The molecule has 0 amide bonds. The summed E-state index contributed by atoms with van der Waals surface area (Å²) in [5, 5.41) is 10.2. The monoisotopic (exact) mass is 389 g/mol. The lowest BCUT2D eigenvalue weighted by atomic mass is 10.1. The summed E-state index contributed by atoms with van der Waals surface area (Å²) in [4.78, 5) is 13.8. The zero-order chi connectivity index (χ0) is 19.2. The van der Waals surface area contributed by atoms with Gasteiger partial charge in [-0.1, -0.05) is 23.7 Å². The number of pyridine rings is 1. The van der Waals surface area contributed by atoms with Crippen molar-refractivity contribution in [1.82, 2.24) is 19.5 Å². The van der Waals surface area contributed by atoms with Gasteiger partial charge in [-0.25, -0.2) is 14.3 Å². The van der Waals surface area contributed by atoms with Crippen molar-refractivity contribution >= 4 is 22.9 Å². The number of benzene rings is 1. The predicted octanol–water partition coefficient (Wildman–Crippen LogP) is 2.66. The Labute approximate surface area is 162 Å². The Kier molecular flexibility index (Phi) is 6.36. The average molecular weight is 390 g/mol. The van der Waals surface area contributed by atoms with E-state index in [1.807, 2.05) is 26.2 Å². The van der Waals surface area contributed by atoms with Crippen LogP contribution >= 0.6 is 11.6 Å². The standard InChI is InChI=1S/C19H24ClN5O2/c1-24(2)10-11-27-16-7-5-14(6-8-16)4-3-9-21-17-12-15(20)13-25-18(17)22-23-19(25)26/h5-8,12-13,21H,3-4,9-11H2,1-2H3,(H,23,26). The number of H-pyrrole nitrogens is 1. The van der Waals surface area contributed by atoms with Gasteiger partial charge in [0.25, 0.3) is 0 Å². The number of halogens is 1. The normalized spacial score (nSPS) is 11.3. The van der Waals surface area contributed by atoms with E-state index in [0.717, 1.165) is 37.4 Å². The van der Waals surface area contributed by atoms with Crippen molar-refractivity contribution in [2.24, 2.45) is 0 Å². The van der Waals surface area contributed by atoms with Gasteiger partial charge in [0.1, 0.15) is 12.4 Å². The Hall–Kier alpha value is -2.51. The zero-order valence-corrected chi connectivity index (χ0v) is 16.3. The average Bonchev–Trinajstić information content (AvgIpc) is 3.00. The summed E-state index contributed by atoms with van der Waals surface area (Å²) in [5.41, 5.74) is 2.24. The number of nitrogens with zero attached hydrogens (tertiary/aromatic N) is 3. The molecule has 2 heterocycles. The number of rotatable bonds is 9. The van der Waals surface area contributed by atoms with Gasteiger partial charge in [0.15, 0.2) is 5.65 Å². The van der Waals surface area contributed by atoms with E-state index in [9.17, 15) is 4.79 Å². The number of ether oxygens (including phenoxy) is 1. The van der Waals surface area contributed by atoms with Crippen LogP contribution in [-0.2, 0) is 6.42 Å². The lowest BCUT2D eigenvalue weighted by Crippen LogP contribution is -2.19. The fraction of sp³-hybridized carbons (Fsp3) is 0.368. The van der Waals surface area contributed by atoms with Crippen LogP contribution in [0.1, 0.15) is 12.0 Å². The minimum absolute atomic E-state index is 0.302. The van der Waals surface area contributed by atoms with Gasteiger partial charge >= 0.3 is 5.69 Å². The summed E-state index contributed by atoms with van der Waals surface area (Å²) in [6.45, 7) is 2.32. The topological polar surface area (TPSA) is 74.7 Å². The number of likely N-dealkylation sites (N-methyl/N-ethyl adjacent to an activating group) is 1. The van der Waals surface area contributed by atoms with E-state index in [1.165, 1.54) is 9.96 Å². The molecule has 0 aliphatic rings. The Morgan fingerprint density at radius 3 is 2.81 bits per heavy atom. The summed E-state index contributed by atoms with van der Waals surface area (Å²) in [6.07, 6.45) is 3.43. The van der Waals surface area contributed by atoms with E-state index >= 15 is 0 Å². The molecule has 2 N–H and O–H groups in total. The van der Waals surface area contributed by atoms with E-state index in [1.54, 1.807) is 12.3 Å². The third-order valence-corrected chi connectivity index (χ3v) is 4.37. The molecule has 0 spiro atoms. The van der Waals surface area contributed by atoms with Crippen molar-refractivity contribution in [3.63, 3.8) is 0 Å². The molecular formula is C19H24ClN5O2. The van der Waals surface area contributed by atoms with Gasteiger partial charge in [0, 0.05) is 19.3 Å². The molecule has 1 aromatic carbocycles. The first-order valence-electron chi connectivity index (χ1n) is 8.89. The summed E-state index contributed by atoms with van der Waals surface area (Å²) in [5.74, 6) is 0.893. The minimum atomic E-state index is -0.302. The molecule has 0 aliphatic heterocycles. The second-order valence-corrected chi connectivity index (χ2v) is 7.06. The van der Waals surface area contributed by atoms with Crippen molar-refractivity contribution in [2.45, 2.75) is 12.8 Å². The minimum Gasteiger partial charge on any atom is -0.492 e. The van der Waals surface area contributed by atoms with E-state index in [4.69, 9.17) is 16.3 Å². The van der Waals surface area contributed by atoms with Crippen LogP contribution in [-0.4, -0.2) is 53.3 Å². The first kappa shape index (κ1) is 19.3. The molecule has 3 rings (SSSR count). The number of hydrogen-bond acceptors (Lipinski definition) is 5. The van der Waals surface area contributed by atoms with Crippen LogP contribution in [0.4, 0.5) is 5.69 Å². The highest BCUT2D eigenvalue weighted by Crippen LogP contribution is 2.19. The van der Waals surface area contributed by atoms with Crippen molar-refractivity contribution in [1.29, 1.82) is 0 Å². The van der Waals surface area contributed by atoms with Crippen LogP contribution < -0.4 is 15.7 Å². The first-order chi connectivity index (χ1) is 13.0. The summed E-state index contributed by atoms with van der Waals surface area (Å²) >= 11 is 6.07. The highest BCUT2D eigenvalue weighted by Gasteiger charge is 2.07. The number of anilines is 1. The van der Waals surface area contributed by atoms with Crippen molar-refractivity contribution in [2.75, 3.05) is 39.1 Å². The highest BCUT2D eigenvalue weighted by molar-refractivity contribution is 6.30. The van der Waals surface area contributed by atoms with Crippen molar-refractivity contribution in [3.8, 4) is 5.75 Å². The number of aromatic amines is 1. The van der Waals surface area contributed by atoms with E-state index < -0.39 is 0 Å². The predicted molar refractivity (Wildman–Crippen MR) is 108 cm³/mol. The fourth-order valence-electron chi connectivity index (χ4n) is 2.72. The third kappa shape index (κ3) is 5.24. The van der Waals surface area contributed by atoms with Crippen LogP contribution in [0.3, 0.4) is 0 Å². The molecule has 0 saturated heterocycles. The van der Waals surface area contributed by atoms with Gasteiger partial charge in [-0.05, 0) is 50.7 Å². The number of aromatic nitrogens is 3. The molecule has 7 nitrogen and oxygen atoms in total. The SMILES string of the molecule is CN(C)CCOc1ccc(CCCNc2cc(Cl)cn3c(=O)[nH]nc23)cc1. The van der Waals surface area contributed by atoms with Crippen LogP contribution in [0.25, 0.3) is 5.65 Å². The van der Waals surface area contributed by atoms with Crippen LogP contribution in [0, 0.1) is 0 Å². The third-order valence-electron chi connectivity index (χ3n) is 4.17. The quantitative estimate of drug-likeness (QED) is 0.550. The molecule has 0 fully saturated rings. The van der Waals surface area contributed by atoms with Gasteiger partial charge < -0.3 is 15.0 Å². The van der Waals surface area contributed by atoms with Crippen molar-refractivity contribution < 1.29 is 4.74 Å². The molecule has 27 heavy (non-hydrogen) atoms. The van der Waals surface area contributed by atoms with Crippen LogP contribution in [0.5, 0.6) is 5.75 Å². The molecular weight excluding hydrogens is 366 g/mol. The molecule has 144 valence electrons. The fourth-order valence-corrected chi connectivity index (χ4v) is 2.93. The molecule has 0 radical (unpaired) electrons. The molecule has 0 aliphatic carbocycles. The maximum Gasteiger partial charge on any atom is 0.347 e. The lowest BCUT2D eigenvalue weighted by Gasteiger charge is -2.11. The number of aryl methyl sites for hydroxylation is 1. The highest BCUT2D eigenvalue weighted by atomic mass is 35.5. The Morgan fingerprint density at radius 1 is 1.30 bits per heavy atom. The largest absolute Gasteiger partial charge is 0.492 e. The van der Waals surface area contributed by atoms with Gasteiger partial charge in [0.05, 0.1) is 10.7 Å². The van der Waals surface area contributed by atoms with Gasteiger partial charge in [0.2, 0.25) is 0 Å². The Bertz CT molecular complexity index is 933. The summed E-state index contributed by atoms with van der Waals surface area (Å²) < 4.78 is 7.11. The molecule has 0 atom stereocenters.